The molecule has 128 valence electrons. The van der Waals surface area contributed by atoms with Gasteiger partial charge in [0.25, 0.3) is 0 Å². The summed E-state index contributed by atoms with van der Waals surface area (Å²) >= 11 is 0. The number of rotatable bonds is 5. The number of nitrogens with zero attached hydrogens (tertiary/aromatic N) is 1. The predicted octanol–water partition coefficient (Wildman–Crippen LogP) is 3.02. The molecule has 1 heterocycles. The first-order chi connectivity index (χ1) is 12.0. The number of carboxylic acids is 1. The first kappa shape index (κ1) is 16.7. The predicted molar refractivity (Wildman–Crippen MR) is 91.8 cm³/mol. The zero-order valence-electron chi connectivity index (χ0n) is 13.6. The van der Waals surface area contributed by atoms with Crippen LogP contribution in [0.15, 0.2) is 42.5 Å². The molecule has 0 atom stereocenters. The number of pyridine rings is 1. The lowest BCUT2D eigenvalue weighted by Gasteiger charge is -2.14. The Balaban J connectivity index is 2.14. The maximum absolute atomic E-state index is 11.4. The number of carboxylic acid groups (broad SMARTS) is 1. The van der Waals surface area contributed by atoms with Crippen molar-refractivity contribution in [3.8, 4) is 11.5 Å². The molecule has 25 heavy (non-hydrogen) atoms. The van der Waals surface area contributed by atoms with Crippen molar-refractivity contribution < 1.29 is 24.9 Å². The number of aromatic hydroxyl groups is 1. The lowest BCUT2D eigenvalue weighted by Crippen LogP contribution is -2.06. The normalized spacial score (nSPS) is 10.8. The van der Waals surface area contributed by atoms with Gasteiger partial charge in [-0.3, -0.25) is 0 Å². The number of hydrogen-bond donors (Lipinski definition) is 3. The van der Waals surface area contributed by atoms with Crippen LogP contribution >= 0.6 is 0 Å². The van der Waals surface area contributed by atoms with E-state index in [2.05, 4.69) is 4.98 Å². The molecule has 0 amide bonds. The number of aliphatic hydroxyl groups excluding tert-OH is 1. The van der Waals surface area contributed by atoms with Gasteiger partial charge in [0.1, 0.15) is 23.6 Å². The summed E-state index contributed by atoms with van der Waals surface area (Å²) in [5.74, 6) is -1.11. The highest BCUT2D eigenvalue weighted by atomic mass is 16.5. The van der Waals surface area contributed by atoms with Crippen LogP contribution in [0, 0.1) is 6.92 Å². The summed E-state index contributed by atoms with van der Waals surface area (Å²) in [5, 5.41) is 29.6. The van der Waals surface area contributed by atoms with Gasteiger partial charge in [0.05, 0.1) is 12.0 Å². The monoisotopic (exact) mass is 339 g/mol. The summed E-state index contributed by atoms with van der Waals surface area (Å²) in [6.45, 7) is 1.44. The molecule has 0 bridgehead atoms. The molecule has 0 aliphatic heterocycles. The molecule has 0 aliphatic carbocycles. The highest BCUT2D eigenvalue weighted by Crippen LogP contribution is 2.37. The highest BCUT2D eigenvalue weighted by Gasteiger charge is 2.20. The van der Waals surface area contributed by atoms with E-state index < -0.39 is 5.97 Å². The molecule has 6 nitrogen and oxygen atoms in total. The molecule has 0 saturated heterocycles. The number of carbonyl (C=O) groups is 1. The van der Waals surface area contributed by atoms with Crippen LogP contribution in [0.3, 0.4) is 0 Å². The average Bonchev–Trinajstić information content (AvgIpc) is 2.63. The molecule has 2 aromatic carbocycles. The second kappa shape index (κ2) is 6.78. The maximum atomic E-state index is 11.4. The van der Waals surface area contributed by atoms with Crippen LogP contribution in [0.1, 0.15) is 27.2 Å². The second-order valence-electron chi connectivity index (χ2n) is 5.62. The van der Waals surface area contributed by atoms with E-state index in [4.69, 9.17) is 4.74 Å². The first-order valence-corrected chi connectivity index (χ1v) is 7.69. The van der Waals surface area contributed by atoms with Crippen molar-refractivity contribution >= 4 is 16.9 Å². The number of fused-ring (bicyclic) bond motifs is 1. The molecule has 0 radical (unpaired) electrons. The lowest BCUT2D eigenvalue weighted by atomic mass is 10.0. The van der Waals surface area contributed by atoms with Gasteiger partial charge in [-0.25, -0.2) is 9.78 Å². The fraction of sp³-hybridized carbons (Fsp3) is 0.158. The van der Waals surface area contributed by atoms with Gasteiger partial charge in [-0.05, 0) is 24.1 Å². The summed E-state index contributed by atoms with van der Waals surface area (Å²) in [7, 11) is 0. The van der Waals surface area contributed by atoms with E-state index >= 15 is 0 Å². The van der Waals surface area contributed by atoms with Gasteiger partial charge < -0.3 is 20.1 Å². The van der Waals surface area contributed by atoms with Crippen LogP contribution in [-0.2, 0) is 13.2 Å². The van der Waals surface area contributed by atoms with Gasteiger partial charge >= 0.3 is 5.97 Å². The highest BCUT2D eigenvalue weighted by molar-refractivity contribution is 5.99. The van der Waals surface area contributed by atoms with E-state index in [0.717, 1.165) is 5.56 Å². The third kappa shape index (κ3) is 3.12. The van der Waals surface area contributed by atoms with Crippen molar-refractivity contribution in [2.45, 2.75) is 20.1 Å². The van der Waals surface area contributed by atoms with E-state index in [1.807, 2.05) is 30.3 Å². The summed E-state index contributed by atoms with van der Waals surface area (Å²) in [6, 6.07) is 12.7. The minimum absolute atomic E-state index is 0.148. The Bertz CT molecular complexity index is 938. The molecule has 3 aromatic rings. The Morgan fingerprint density at radius 2 is 1.88 bits per heavy atom. The van der Waals surface area contributed by atoms with Crippen molar-refractivity contribution in [2.75, 3.05) is 0 Å². The van der Waals surface area contributed by atoms with Gasteiger partial charge in [0.2, 0.25) is 0 Å². The minimum Gasteiger partial charge on any atom is -0.507 e. The number of aromatic nitrogens is 1. The number of aromatic carboxylic acids is 1. The first-order valence-electron chi connectivity index (χ1n) is 7.69. The fourth-order valence-corrected chi connectivity index (χ4v) is 2.68. The van der Waals surface area contributed by atoms with E-state index in [9.17, 15) is 20.1 Å². The zero-order valence-corrected chi connectivity index (χ0v) is 13.6. The van der Waals surface area contributed by atoms with E-state index in [0.29, 0.717) is 16.7 Å². The summed E-state index contributed by atoms with van der Waals surface area (Å²) < 4.78 is 5.79. The van der Waals surface area contributed by atoms with Crippen molar-refractivity contribution in [3.05, 3.63) is 64.8 Å². The SMILES string of the molecule is Cc1c(C(=O)O)nc2c(OCc3ccccc3)ccc(CO)c2c1O. The van der Waals surface area contributed by atoms with Gasteiger partial charge in [0.15, 0.2) is 5.69 Å². The van der Waals surface area contributed by atoms with Crippen LogP contribution in [0.4, 0.5) is 0 Å². The van der Waals surface area contributed by atoms with Crippen molar-refractivity contribution in [1.82, 2.24) is 4.98 Å². The van der Waals surface area contributed by atoms with Gasteiger partial charge in [0, 0.05) is 5.56 Å². The number of aliphatic hydroxyl groups is 1. The zero-order chi connectivity index (χ0) is 18.0. The van der Waals surface area contributed by atoms with E-state index in [1.165, 1.54) is 6.92 Å². The van der Waals surface area contributed by atoms with Crippen molar-refractivity contribution in [3.63, 3.8) is 0 Å². The van der Waals surface area contributed by atoms with Crippen molar-refractivity contribution in [2.24, 2.45) is 0 Å². The molecule has 0 unspecified atom stereocenters. The van der Waals surface area contributed by atoms with Crippen LogP contribution in [-0.4, -0.2) is 26.3 Å². The molecule has 6 heteroatoms. The van der Waals surface area contributed by atoms with Gasteiger partial charge in [-0.15, -0.1) is 0 Å². The summed E-state index contributed by atoms with van der Waals surface area (Å²) in [5.41, 5.74) is 1.51. The van der Waals surface area contributed by atoms with Gasteiger partial charge in [-0.2, -0.15) is 0 Å². The molecule has 0 spiro atoms. The Morgan fingerprint density at radius 3 is 2.52 bits per heavy atom. The molecule has 0 saturated carbocycles. The standard InChI is InChI=1S/C19H17NO5/c1-11-16(19(23)24)20-17-14(25-10-12-5-3-2-4-6-12)8-7-13(9-21)15(17)18(11)22/h2-8,21H,9-10H2,1H3,(H,20,22)(H,23,24). The average molecular weight is 339 g/mol. The molecular weight excluding hydrogens is 322 g/mol. The maximum Gasteiger partial charge on any atom is 0.354 e. The van der Waals surface area contributed by atoms with Crippen molar-refractivity contribution in [1.29, 1.82) is 0 Å². The lowest BCUT2D eigenvalue weighted by molar-refractivity contribution is 0.0689. The Morgan fingerprint density at radius 1 is 1.16 bits per heavy atom. The fourth-order valence-electron chi connectivity index (χ4n) is 2.68. The Kier molecular flexibility index (Phi) is 4.54. The molecule has 3 rings (SSSR count). The number of ether oxygens (including phenoxy) is 1. The summed E-state index contributed by atoms with van der Waals surface area (Å²) in [6.07, 6.45) is 0. The largest absolute Gasteiger partial charge is 0.507 e. The van der Waals surface area contributed by atoms with E-state index in [-0.39, 0.29) is 35.7 Å². The molecule has 3 N–H and O–H groups in total. The van der Waals surface area contributed by atoms with Crippen LogP contribution in [0.5, 0.6) is 11.5 Å². The third-order valence-corrected chi connectivity index (χ3v) is 4.01. The van der Waals surface area contributed by atoms with Crippen LogP contribution < -0.4 is 4.74 Å². The van der Waals surface area contributed by atoms with Crippen LogP contribution in [0.25, 0.3) is 10.9 Å². The Labute approximate surface area is 144 Å². The summed E-state index contributed by atoms with van der Waals surface area (Å²) in [4.78, 5) is 15.6. The molecule has 1 aromatic heterocycles. The topological polar surface area (TPSA) is 99.9 Å². The molecular formula is C19H17NO5. The number of hydrogen-bond acceptors (Lipinski definition) is 5. The number of benzene rings is 2. The molecule has 0 fully saturated rings. The third-order valence-electron chi connectivity index (χ3n) is 4.01. The van der Waals surface area contributed by atoms with E-state index in [1.54, 1.807) is 12.1 Å². The quantitative estimate of drug-likeness (QED) is 0.661. The smallest absolute Gasteiger partial charge is 0.354 e. The molecule has 0 aliphatic rings. The van der Waals surface area contributed by atoms with Crippen LogP contribution in [0.2, 0.25) is 0 Å². The second-order valence-corrected chi connectivity index (χ2v) is 5.62. The minimum atomic E-state index is -1.24. The Hall–Kier alpha value is -3.12. The van der Waals surface area contributed by atoms with Gasteiger partial charge in [-0.1, -0.05) is 36.4 Å².